The Hall–Kier alpha value is -0.970. The second-order valence-corrected chi connectivity index (χ2v) is 6.40. The summed E-state index contributed by atoms with van der Waals surface area (Å²) in [6.07, 6.45) is 0.671. The van der Waals surface area contributed by atoms with Gasteiger partial charge in [-0.05, 0) is 26.5 Å². The molecule has 1 atom stereocenters. The lowest BCUT2D eigenvalue weighted by Crippen LogP contribution is -2.24. The smallest absolute Gasteiger partial charge is 0.146 e. The maximum absolute atomic E-state index is 14.2. The number of hydrogen-bond donors (Lipinski definition) is 1. The molecule has 108 valence electrons. The maximum Gasteiger partial charge on any atom is 0.146 e. The van der Waals surface area contributed by atoms with Gasteiger partial charge in [0.15, 0.2) is 0 Å². The van der Waals surface area contributed by atoms with Gasteiger partial charge in [0.1, 0.15) is 5.82 Å². The van der Waals surface area contributed by atoms with Crippen molar-refractivity contribution in [2.75, 3.05) is 6.54 Å². The van der Waals surface area contributed by atoms with Crippen LogP contribution in [0.3, 0.4) is 0 Å². The van der Waals surface area contributed by atoms with E-state index in [-0.39, 0.29) is 16.9 Å². The molecule has 0 aliphatic carbocycles. The molecule has 2 aromatic rings. The number of aromatic nitrogens is 1. The molecule has 1 aromatic heterocycles. The number of likely N-dealkylation sites (N-methyl/N-ethyl adjacent to an activating group) is 1. The summed E-state index contributed by atoms with van der Waals surface area (Å²) in [7, 11) is 0. The molecule has 0 aliphatic heterocycles. The molecule has 0 saturated heterocycles. The molecule has 1 unspecified atom stereocenters. The lowest BCUT2D eigenvalue weighted by molar-refractivity contribution is 0.509. The first-order valence-corrected chi connectivity index (χ1v) is 7.82. The minimum atomic E-state index is -0.342. The Balaban J connectivity index is 2.29. The van der Waals surface area contributed by atoms with Crippen molar-refractivity contribution in [2.24, 2.45) is 0 Å². The third-order valence-corrected chi connectivity index (χ3v) is 4.65. The lowest BCUT2D eigenvalue weighted by Gasteiger charge is -2.18. The van der Waals surface area contributed by atoms with Crippen molar-refractivity contribution >= 4 is 22.9 Å². The normalized spacial score (nSPS) is 12.7. The van der Waals surface area contributed by atoms with Gasteiger partial charge in [0, 0.05) is 22.9 Å². The highest BCUT2D eigenvalue weighted by Crippen LogP contribution is 2.28. The summed E-state index contributed by atoms with van der Waals surface area (Å²) >= 11 is 7.54. The summed E-state index contributed by atoms with van der Waals surface area (Å²) in [6.45, 7) is 6.82. The number of thiazole rings is 1. The predicted molar refractivity (Wildman–Crippen MR) is 83.1 cm³/mol. The van der Waals surface area contributed by atoms with Crippen LogP contribution >= 0.6 is 22.9 Å². The number of hydrogen-bond acceptors (Lipinski definition) is 3. The summed E-state index contributed by atoms with van der Waals surface area (Å²) in [4.78, 5) is 5.74. The number of nitrogens with one attached hydrogen (secondary N) is 1. The van der Waals surface area contributed by atoms with E-state index in [4.69, 9.17) is 11.6 Å². The molecule has 1 N–H and O–H groups in total. The van der Waals surface area contributed by atoms with E-state index in [1.54, 1.807) is 29.5 Å². The maximum atomic E-state index is 14.2. The van der Waals surface area contributed by atoms with Gasteiger partial charge in [0.25, 0.3) is 0 Å². The monoisotopic (exact) mass is 312 g/mol. The fourth-order valence-electron chi connectivity index (χ4n) is 2.13. The summed E-state index contributed by atoms with van der Waals surface area (Å²) in [5.74, 6) is -0.342. The molecule has 5 heteroatoms. The van der Waals surface area contributed by atoms with Crippen molar-refractivity contribution in [1.82, 2.24) is 10.3 Å². The van der Waals surface area contributed by atoms with Crippen LogP contribution in [0.5, 0.6) is 0 Å². The largest absolute Gasteiger partial charge is 0.310 e. The second-order valence-electron chi connectivity index (χ2n) is 4.71. The van der Waals surface area contributed by atoms with E-state index in [0.717, 1.165) is 17.2 Å². The SMILES string of the molecule is CCNC(Cc1nc(C)c(C)s1)c1cccc(Cl)c1F. The Labute approximate surface area is 128 Å². The van der Waals surface area contributed by atoms with Gasteiger partial charge in [-0.25, -0.2) is 9.37 Å². The average molecular weight is 313 g/mol. The van der Waals surface area contributed by atoms with Gasteiger partial charge >= 0.3 is 0 Å². The lowest BCUT2D eigenvalue weighted by atomic mass is 10.0. The Morgan fingerprint density at radius 3 is 2.75 bits per heavy atom. The number of nitrogens with zero attached hydrogens (tertiary/aromatic N) is 1. The second kappa shape index (κ2) is 6.66. The zero-order chi connectivity index (χ0) is 14.7. The molecule has 0 fully saturated rings. The number of aryl methyl sites for hydroxylation is 2. The molecular formula is C15H18ClFN2S. The van der Waals surface area contributed by atoms with Crippen molar-refractivity contribution in [1.29, 1.82) is 0 Å². The first-order chi connectivity index (χ1) is 9.52. The van der Waals surface area contributed by atoms with Gasteiger partial charge in [-0.15, -0.1) is 11.3 Å². The first-order valence-electron chi connectivity index (χ1n) is 6.63. The molecule has 0 amide bonds. The standard InChI is InChI=1S/C15H18ClFN2S/c1-4-18-13(8-14-19-9(2)10(3)20-14)11-6-5-7-12(16)15(11)17/h5-7,13,18H,4,8H2,1-3H3. The van der Waals surface area contributed by atoms with Gasteiger partial charge in [-0.3, -0.25) is 0 Å². The Morgan fingerprint density at radius 2 is 2.15 bits per heavy atom. The van der Waals surface area contributed by atoms with Gasteiger partial charge in [0.2, 0.25) is 0 Å². The Morgan fingerprint density at radius 1 is 1.40 bits per heavy atom. The van der Waals surface area contributed by atoms with Crippen LogP contribution in [0.1, 0.15) is 34.1 Å². The van der Waals surface area contributed by atoms with E-state index in [2.05, 4.69) is 17.2 Å². The van der Waals surface area contributed by atoms with E-state index in [1.165, 1.54) is 4.88 Å². The fraction of sp³-hybridized carbons (Fsp3) is 0.400. The first kappa shape index (κ1) is 15.4. The highest BCUT2D eigenvalue weighted by Gasteiger charge is 2.19. The third-order valence-electron chi connectivity index (χ3n) is 3.26. The molecule has 0 aliphatic rings. The molecule has 1 aromatic carbocycles. The molecular weight excluding hydrogens is 295 g/mol. The summed E-state index contributed by atoms with van der Waals surface area (Å²) in [5, 5.41) is 4.49. The third kappa shape index (κ3) is 3.37. The quantitative estimate of drug-likeness (QED) is 0.882. The van der Waals surface area contributed by atoms with Gasteiger partial charge in [-0.2, -0.15) is 0 Å². The van der Waals surface area contributed by atoms with Crippen LogP contribution in [0.4, 0.5) is 4.39 Å². The van der Waals surface area contributed by atoms with Crippen LogP contribution in [0.2, 0.25) is 5.02 Å². The minimum Gasteiger partial charge on any atom is -0.310 e. The Kier molecular flexibility index (Phi) is 5.13. The molecule has 1 heterocycles. The molecule has 0 radical (unpaired) electrons. The van der Waals surface area contributed by atoms with Crippen LogP contribution in [-0.4, -0.2) is 11.5 Å². The van der Waals surface area contributed by atoms with E-state index < -0.39 is 0 Å². The number of halogens is 2. The van der Waals surface area contributed by atoms with Gasteiger partial charge in [0.05, 0.1) is 15.7 Å². The fourth-order valence-corrected chi connectivity index (χ4v) is 3.29. The average Bonchev–Trinajstić information content (AvgIpc) is 2.71. The summed E-state index contributed by atoms with van der Waals surface area (Å²) in [5.41, 5.74) is 1.65. The van der Waals surface area contributed by atoms with Crippen molar-refractivity contribution < 1.29 is 4.39 Å². The molecule has 0 spiro atoms. The van der Waals surface area contributed by atoms with Crippen LogP contribution in [0.25, 0.3) is 0 Å². The van der Waals surface area contributed by atoms with Crippen LogP contribution < -0.4 is 5.32 Å². The predicted octanol–water partition coefficient (Wildman–Crippen LogP) is 4.45. The van der Waals surface area contributed by atoms with Crippen molar-refractivity contribution in [3.8, 4) is 0 Å². The van der Waals surface area contributed by atoms with E-state index in [9.17, 15) is 4.39 Å². The topological polar surface area (TPSA) is 24.9 Å². The van der Waals surface area contributed by atoms with E-state index in [0.29, 0.717) is 12.0 Å². The van der Waals surface area contributed by atoms with E-state index >= 15 is 0 Å². The van der Waals surface area contributed by atoms with Gasteiger partial charge < -0.3 is 5.32 Å². The molecule has 2 nitrogen and oxygen atoms in total. The van der Waals surface area contributed by atoms with Crippen molar-refractivity contribution in [3.05, 3.63) is 50.2 Å². The minimum absolute atomic E-state index is 0.108. The molecule has 0 saturated carbocycles. The molecule has 20 heavy (non-hydrogen) atoms. The van der Waals surface area contributed by atoms with E-state index in [1.807, 2.05) is 13.8 Å². The van der Waals surface area contributed by atoms with Gasteiger partial charge in [-0.1, -0.05) is 30.7 Å². The summed E-state index contributed by atoms with van der Waals surface area (Å²) in [6, 6.07) is 5.02. The Bertz CT molecular complexity index is 578. The molecule has 2 rings (SSSR count). The van der Waals surface area contributed by atoms with Crippen molar-refractivity contribution in [3.63, 3.8) is 0 Å². The highest BCUT2D eigenvalue weighted by atomic mass is 35.5. The highest BCUT2D eigenvalue weighted by molar-refractivity contribution is 7.11. The number of rotatable bonds is 5. The van der Waals surface area contributed by atoms with Crippen molar-refractivity contribution in [2.45, 2.75) is 33.2 Å². The van der Waals surface area contributed by atoms with Crippen LogP contribution in [-0.2, 0) is 6.42 Å². The number of benzene rings is 1. The molecule has 0 bridgehead atoms. The zero-order valence-electron chi connectivity index (χ0n) is 11.8. The van der Waals surface area contributed by atoms with Crippen LogP contribution in [0.15, 0.2) is 18.2 Å². The van der Waals surface area contributed by atoms with Crippen LogP contribution in [0, 0.1) is 19.7 Å². The summed E-state index contributed by atoms with van der Waals surface area (Å²) < 4.78 is 14.2. The zero-order valence-corrected chi connectivity index (χ0v) is 13.4.